The van der Waals surface area contributed by atoms with Gasteiger partial charge in [-0.05, 0) is 13.8 Å². The van der Waals surface area contributed by atoms with Crippen LogP contribution in [0.3, 0.4) is 0 Å². The summed E-state index contributed by atoms with van der Waals surface area (Å²) in [5, 5.41) is 2.63. The minimum Gasteiger partial charge on any atom is -0.492 e. The van der Waals surface area contributed by atoms with E-state index >= 15 is 0 Å². The zero-order valence-electron chi connectivity index (χ0n) is 10.3. The van der Waals surface area contributed by atoms with Gasteiger partial charge in [-0.3, -0.25) is 0 Å². The predicted octanol–water partition coefficient (Wildman–Crippen LogP) is 4.94. The van der Waals surface area contributed by atoms with Crippen molar-refractivity contribution in [3.63, 3.8) is 0 Å². The van der Waals surface area contributed by atoms with Gasteiger partial charge >= 0.3 is 0 Å². The maximum Gasteiger partial charge on any atom is 0.147 e. The van der Waals surface area contributed by atoms with Gasteiger partial charge in [0, 0.05) is 10.8 Å². The largest absolute Gasteiger partial charge is 0.492 e. The first-order valence-corrected chi connectivity index (χ1v) is 6.61. The molecule has 0 saturated heterocycles. The van der Waals surface area contributed by atoms with Crippen molar-refractivity contribution in [1.29, 1.82) is 0 Å². The molecule has 0 fully saturated rings. The zero-order chi connectivity index (χ0) is 13.1. The standard InChI is InChI=1S/C14H14Cl2O2/c1-3-17-13-9-7-5-6-8-10(9)14(18-4-2)12(16)11(13)15/h5-8H,3-4H2,1-2H3. The van der Waals surface area contributed by atoms with E-state index in [2.05, 4.69) is 0 Å². The van der Waals surface area contributed by atoms with Crippen molar-refractivity contribution in [1.82, 2.24) is 0 Å². The SMILES string of the molecule is CCOc1c(Cl)c(Cl)c(OCC)c2ccccc12. The second kappa shape index (κ2) is 5.68. The van der Waals surface area contributed by atoms with Gasteiger partial charge in [-0.2, -0.15) is 0 Å². The molecule has 4 heteroatoms. The van der Waals surface area contributed by atoms with Gasteiger partial charge in [-0.15, -0.1) is 0 Å². The molecule has 2 rings (SSSR count). The molecule has 0 heterocycles. The lowest BCUT2D eigenvalue weighted by Crippen LogP contribution is -1.98. The number of hydrogen-bond acceptors (Lipinski definition) is 2. The Bertz CT molecular complexity index is 517. The monoisotopic (exact) mass is 284 g/mol. The van der Waals surface area contributed by atoms with Gasteiger partial charge < -0.3 is 9.47 Å². The van der Waals surface area contributed by atoms with Gasteiger partial charge in [-0.25, -0.2) is 0 Å². The van der Waals surface area contributed by atoms with E-state index in [1.807, 2.05) is 38.1 Å². The molecular weight excluding hydrogens is 271 g/mol. The summed E-state index contributed by atoms with van der Waals surface area (Å²) >= 11 is 12.5. The molecule has 0 N–H and O–H groups in total. The lowest BCUT2D eigenvalue weighted by Gasteiger charge is -2.15. The van der Waals surface area contributed by atoms with E-state index in [0.717, 1.165) is 10.8 Å². The first kappa shape index (κ1) is 13.3. The molecule has 2 nitrogen and oxygen atoms in total. The van der Waals surface area contributed by atoms with E-state index in [4.69, 9.17) is 32.7 Å². The van der Waals surface area contributed by atoms with Crippen molar-refractivity contribution in [2.45, 2.75) is 13.8 Å². The molecule has 0 amide bonds. The molecule has 0 spiro atoms. The Morgan fingerprint density at radius 2 is 1.22 bits per heavy atom. The van der Waals surface area contributed by atoms with Crippen LogP contribution in [0.2, 0.25) is 10.0 Å². The third kappa shape index (κ3) is 2.23. The van der Waals surface area contributed by atoms with Crippen LogP contribution in [0.5, 0.6) is 11.5 Å². The fraction of sp³-hybridized carbons (Fsp3) is 0.286. The Kier molecular flexibility index (Phi) is 4.20. The maximum atomic E-state index is 6.25. The molecule has 2 aromatic rings. The highest BCUT2D eigenvalue weighted by atomic mass is 35.5. The van der Waals surface area contributed by atoms with Crippen LogP contribution in [0.1, 0.15) is 13.8 Å². The molecular formula is C14H14Cl2O2. The molecule has 0 unspecified atom stereocenters. The predicted molar refractivity (Wildman–Crippen MR) is 76.3 cm³/mol. The van der Waals surface area contributed by atoms with Crippen LogP contribution in [0.25, 0.3) is 10.8 Å². The topological polar surface area (TPSA) is 18.5 Å². The second-order valence-electron chi connectivity index (χ2n) is 3.70. The van der Waals surface area contributed by atoms with E-state index in [1.165, 1.54) is 0 Å². The van der Waals surface area contributed by atoms with E-state index < -0.39 is 0 Å². The summed E-state index contributed by atoms with van der Waals surface area (Å²) in [6, 6.07) is 7.77. The van der Waals surface area contributed by atoms with Crippen LogP contribution in [0.4, 0.5) is 0 Å². The first-order chi connectivity index (χ1) is 8.70. The first-order valence-electron chi connectivity index (χ1n) is 5.86. The molecule has 0 saturated carbocycles. The number of rotatable bonds is 4. The highest BCUT2D eigenvalue weighted by Crippen LogP contribution is 2.46. The smallest absolute Gasteiger partial charge is 0.147 e. The van der Waals surface area contributed by atoms with Crippen LogP contribution >= 0.6 is 23.2 Å². The van der Waals surface area contributed by atoms with E-state index in [0.29, 0.717) is 34.8 Å². The van der Waals surface area contributed by atoms with Gasteiger partial charge in [0.15, 0.2) is 0 Å². The van der Waals surface area contributed by atoms with Gasteiger partial charge in [0.05, 0.1) is 13.2 Å². The summed E-state index contributed by atoms with van der Waals surface area (Å²) in [7, 11) is 0. The van der Waals surface area contributed by atoms with Crippen molar-refractivity contribution in [3.05, 3.63) is 34.3 Å². The van der Waals surface area contributed by atoms with Crippen molar-refractivity contribution >= 4 is 34.0 Å². The molecule has 0 bridgehead atoms. The third-order valence-corrected chi connectivity index (χ3v) is 3.40. The Morgan fingerprint density at radius 3 is 1.56 bits per heavy atom. The molecule has 96 valence electrons. The Balaban J connectivity index is 2.79. The average Bonchev–Trinajstić information content (AvgIpc) is 2.40. The van der Waals surface area contributed by atoms with Crippen molar-refractivity contribution in [3.8, 4) is 11.5 Å². The summed E-state index contributed by atoms with van der Waals surface area (Å²) in [6.07, 6.45) is 0. The van der Waals surface area contributed by atoms with Crippen molar-refractivity contribution in [2.24, 2.45) is 0 Å². The van der Waals surface area contributed by atoms with Crippen molar-refractivity contribution < 1.29 is 9.47 Å². The number of fused-ring (bicyclic) bond motifs is 1. The normalized spacial score (nSPS) is 10.7. The summed E-state index contributed by atoms with van der Waals surface area (Å²) < 4.78 is 11.2. The van der Waals surface area contributed by atoms with Gasteiger partial charge in [-0.1, -0.05) is 47.5 Å². The Morgan fingerprint density at radius 1 is 0.833 bits per heavy atom. The quantitative estimate of drug-likeness (QED) is 0.791. The van der Waals surface area contributed by atoms with E-state index in [-0.39, 0.29) is 0 Å². The molecule has 0 aliphatic rings. The Labute approximate surface area is 116 Å². The molecule has 0 aliphatic carbocycles. The van der Waals surface area contributed by atoms with Gasteiger partial charge in [0.25, 0.3) is 0 Å². The van der Waals surface area contributed by atoms with Gasteiger partial charge in [0.2, 0.25) is 0 Å². The summed E-state index contributed by atoms with van der Waals surface area (Å²) in [4.78, 5) is 0. The summed E-state index contributed by atoms with van der Waals surface area (Å²) in [6.45, 7) is 4.90. The van der Waals surface area contributed by atoms with Crippen LogP contribution in [0, 0.1) is 0 Å². The van der Waals surface area contributed by atoms with Crippen molar-refractivity contribution in [2.75, 3.05) is 13.2 Å². The average molecular weight is 285 g/mol. The van der Waals surface area contributed by atoms with Crippen LogP contribution in [-0.2, 0) is 0 Å². The van der Waals surface area contributed by atoms with Crippen LogP contribution < -0.4 is 9.47 Å². The fourth-order valence-electron chi connectivity index (χ4n) is 1.89. The molecule has 18 heavy (non-hydrogen) atoms. The number of ether oxygens (including phenoxy) is 2. The summed E-state index contributed by atoms with van der Waals surface area (Å²) in [5.74, 6) is 1.23. The lowest BCUT2D eigenvalue weighted by atomic mass is 10.1. The number of benzene rings is 2. The molecule has 0 radical (unpaired) electrons. The highest BCUT2D eigenvalue weighted by molar-refractivity contribution is 6.45. The maximum absolute atomic E-state index is 6.25. The van der Waals surface area contributed by atoms with Crippen LogP contribution in [-0.4, -0.2) is 13.2 Å². The molecule has 0 aliphatic heterocycles. The lowest BCUT2D eigenvalue weighted by molar-refractivity contribution is 0.337. The van der Waals surface area contributed by atoms with E-state index in [9.17, 15) is 0 Å². The highest BCUT2D eigenvalue weighted by Gasteiger charge is 2.18. The third-order valence-electron chi connectivity index (χ3n) is 2.59. The second-order valence-corrected chi connectivity index (χ2v) is 4.45. The zero-order valence-corrected chi connectivity index (χ0v) is 11.8. The van der Waals surface area contributed by atoms with Crippen LogP contribution in [0.15, 0.2) is 24.3 Å². The van der Waals surface area contributed by atoms with Gasteiger partial charge in [0.1, 0.15) is 21.5 Å². The Hall–Kier alpha value is -1.12. The molecule has 0 aromatic heterocycles. The summed E-state index contributed by atoms with van der Waals surface area (Å²) in [5.41, 5.74) is 0. The minimum absolute atomic E-state index is 0.403. The minimum atomic E-state index is 0.403. The number of hydrogen-bond donors (Lipinski definition) is 0. The molecule has 2 aromatic carbocycles. The fourth-order valence-corrected chi connectivity index (χ4v) is 2.37. The molecule has 0 atom stereocenters. The van der Waals surface area contributed by atoms with E-state index in [1.54, 1.807) is 0 Å². The number of halogens is 2.